The Hall–Kier alpha value is -2.00. The number of carbonyl (C=O) groups excluding carboxylic acids is 1. The third kappa shape index (κ3) is 5.04. The van der Waals surface area contributed by atoms with Crippen molar-refractivity contribution < 1.29 is 27.5 Å². The van der Waals surface area contributed by atoms with Crippen LogP contribution in [0.2, 0.25) is 0 Å². The number of nitrogens with one attached hydrogen (secondary N) is 1. The first-order valence-electron chi connectivity index (χ1n) is 8.95. The molecule has 1 aromatic carbocycles. The van der Waals surface area contributed by atoms with Gasteiger partial charge in [-0.05, 0) is 43.0 Å². The van der Waals surface area contributed by atoms with Crippen molar-refractivity contribution in [3.63, 3.8) is 0 Å². The Morgan fingerprint density at radius 2 is 1.81 bits per heavy atom. The van der Waals surface area contributed by atoms with Crippen LogP contribution in [0.5, 0.6) is 0 Å². The quantitative estimate of drug-likeness (QED) is 0.727. The second kappa shape index (κ2) is 8.79. The summed E-state index contributed by atoms with van der Waals surface area (Å²) in [4.78, 5) is 23.8. The zero-order valence-corrected chi connectivity index (χ0v) is 16.2. The molecule has 27 heavy (non-hydrogen) atoms. The second-order valence-electron chi connectivity index (χ2n) is 6.84. The first-order chi connectivity index (χ1) is 12.7. The van der Waals surface area contributed by atoms with E-state index in [0.717, 1.165) is 12.1 Å². The van der Waals surface area contributed by atoms with E-state index >= 15 is 0 Å². The summed E-state index contributed by atoms with van der Waals surface area (Å²) in [5, 5.41) is 11.9. The lowest BCUT2D eigenvalue weighted by molar-refractivity contribution is -0.144. The molecule has 0 radical (unpaired) electrons. The van der Waals surface area contributed by atoms with Crippen molar-refractivity contribution in [3.8, 4) is 0 Å². The number of hydrogen-bond donors (Lipinski definition) is 2. The van der Waals surface area contributed by atoms with E-state index in [2.05, 4.69) is 5.32 Å². The van der Waals surface area contributed by atoms with Crippen LogP contribution in [0.4, 0.5) is 4.39 Å². The highest BCUT2D eigenvalue weighted by molar-refractivity contribution is 7.89. The summed E-state index contributed by atoms with van der Waals surface area (Å²) in [5.41, 5.74) is 0. The van der Waals surface area contributed by atoms with E-state index in [1.54, 1.807) is 6.92 Å². The summed E-state index contributed by atoms with van der Waals surface area (Å²) >= 11 is 0. The van der Waals surface area contributed by atoms with Gasteiger partial charge < -0.3 is 10.4 Å². The van der Waals surface area contributed by atoms with E-state index in [0.29, 0.717) is 19.3 Å². The number of carboxylic acids is 1. The number of benzene rings is 1. The summed E-state index contributed by atoms with van der Waals surface area (Å²) in [6, 6.07) is 3.66. The van der Waals surface area contributed by atoms with Gasteiger partial charge in [0, 0.05) is 19.0 Å². The van der Waals surface area contributed by atoms with Gasteiger partial charge in [0.05, 0.1) is 4.90 Å². The fourth-order valence-corrected chi connectivity index (χ4v) is 4.54. The van der Waals surface area contributed by atoms with Crippen LogP contribution >= 0.6 is 0 Å². The molecule has 2 rings (SSSR count). The molecule has 1 fully saturated rings. The number of hydrogen-bond acceptors (Lipinski definition) is 4. The molecular weight excluding hydrogens is 375 g/mol. The molecule has 1 aromatic rings. The Balaban J connectivity index is 1.99. The minimum atomic E-state index is -3.74. The third-order valence-electron chi connectivity index (χ3n) is 5.05. The van der Waals surface area contributed by atoms with Crippen LogP contribution in [0.1, 0.15) is 33.1 Å². The molecule has 2 N–H and O–H groups in total. The van der Waals surface area contributed by atoms with Gasteiger partial charge in [-0.25, -0.2) is 17.6 Å². The Labute approximate surface area is 158 Å². The lowest BCUT2D eigenvalue weighted by Crippen LogP contribution is -2.49. The second-order valence-corrected chi connectivity index (χ2v) is 8.78. The largest absolute Gasteiger partial charge is 0.480 e. The number of rotatable bonds is 7. The summed E-state index contributed by atoms with van der Waals surface area (Å²) in [6.45, 7) is 3.92. The molecule has 1 aliphatic heterocycles. The molecule has 0 aromatic heterocycles. The van der Waals surface area contributed by atoms with Crippen molar-refractivity contribution in [2.24, 2.45) is 11.8 Å². The van der Waals surface area contributed by atoms with Gasteiger partial charge in [-0.2, -0.15) is 4.31 Å². The van der Waals surface area contributed by atoms with Crippen molar-refractivity contribution in [1.82, 2.24) is 9.62 Å². The van der Waals surface area contributed by atoms with Crippen LogP contribution in [0, 0.1) is 17.7 Å². The summed E-state index contributed by atoms with van der Waals surface area (Å²) < 4.78 is 39.5. The molecule has 1 unspecified atom stereocenters. The molecule has 0 saturated carbocycles. The Kier molecular flexibility index (Phi) is 6.94. The number of sulfonamides is 1. The van der Waals surface area contributed by atoms with Gasteiger partial charge in [-0.15, -0.1) is 0 Å². The van der Waals surface area contributed by atoms with Crippen LogP contribution in [-0.4, -0.2) is 48.8 Å². The van der Waals surface area contributed by atoms with E-state index in [-0.39, 0.29) is 29.8 Å². The first-order valence-corrected chi connectivity index (χ1v) is 10.4. The highest BCUT2D eigenvalue weighted by Crippen LogP contribution is 2.24. The molecule has 1 amide bonds. The van der Waals surface area contributed by atoms with Gasteiger partial charge >= 0.3 is 5.97 Å². The first kappa shape index (κ1) is 21.3. The van der Waals surface area contributed by atoms with Crippen LogP contribution < -0.4 is 5.32 Å². The fourth-order valence-electron chi connectivity index (χ4n) is 3.07. The van der Waals surface area contributed by atoms with E-state index in [1.807, 2.05) is 6.92 Å². The zero-order valence-electron chi connectivity index (χ0n) is 15.4. The molecular formula is C18H25FN2O5S. The van der Waals surface area contributed by atoms with E-state index < -0.39 is 33.8 Å². The van der Waals surface area contributed by atoms with E-state index in [4.69, 9.17) is 0 Å². The molecule has 1 heterocycles. The molecule has 0 spiro atoms. The SMILES string of the molecule is CCC(C)[C@@H](NC(=O)C1CCN(S(=O)(=O)c2ccc(F)cc2)CC1)C(=O)O. The van der Waals surface area contributed by atoms with Gasteiger partial charge in [0.25, 0.3) is 0 Å². The standard InChI is InChI=1S/C18H25FN2O5S/c1-3-12(2)16(18(23)24)20-17(22)13-8-10-21(11-9-13)27(25,26)15-6-4-14(19)5-7-15/h4-7,12-13,16H,3,8-11H2,1-2H3,(H,20,22)(H,23,24)/t12?,16-/m1/s1. The van der Waals surface area contributed by atoms with Gasteiger partial charge in [0.1, 0.15) is 11.9 Å². The molecule has 0 bridgehead atoms. The maximum absolute atomic E-state index is 13.0. The predicted octanol–water partition coefficient (Wildman–Crippen LogP) is 1.84. The number of amides is 1. The van der Waals surface area contributed by atoms with Crippen molar-refractivity contribution in [1.29, 1.82) is 0 Å². The Morgan fingerprint density at radius 1 is 1.26 bits per heavy atom. The summed E-state index contributed by atoms with van der Waals surface area (Å²) in [5.74, 6) is -2.59. The van der Waals surface area contributed by atoms with Crippen molar-refractivity contribution >= 4 is 21.9 Å². The van der Waals surface area contributed by atoms with Gasteiger partial charge in [0.2, 0.25) is 15.9 Å². The fraction of sp³-hybridized carbons (Fsp3) is 0.556. The van der Waals surface area contributed by atoms with Crippen molar-refractivity contribution in [2.75, 3.05) is 13.1 Å². The monoisotopic (exact) mass is 400 g/mol. The Morgan fingerprint density at radius 3 is 2.30 bits per heavy atom. The average Bonchev–Trinajstić information content (AvgIpc) is 2.65. The average molecular weight is 400 g/mol. The number of carbonyl (C=O) groups is 2. The third-order valence-corrected chi connectivity index (χ3v) is 6.97. The molecule has 1 saturated heterocycles. The number of carboxylic acid groups (broad SMARTS) is 1. The summed E-state index contributed by atoms with van der Waals surface area (Å²) in [7, 11) is -3.74. The number of piperidine rings is 1. The van der Waals surface area contributed by atoms with E-state index in [9.17, 15) is 27.5 Å². The number of nitrogens with zero attached hydrogens (tertiary/aromatic N) is 1. The molecule has 2 atom stereocenters. The lowest BCUT2D eigenvalue weighted by atomic mass is 9.94. The topological polar surface area (TPSA) is 104 Å². The molecule has 1 aliphatic rings. The minimum Gasteiger partial charge on any atom is -0.480 e. The van der Waals surface area contributed by atoms with Crippen LogP contribution in [0.15, 0.2) is 29.2 Å². The predicted molar refractivity (Wildman–Crippen MR) is 96.9 cm³/mol. The minimum absolute atomic E-state index is 0.00881. The maximum Gasteiger partial charge on any atom is 0.326 e. The summed E-state index contributed by atoms with van der Waals surface area (Å²) in [6.07, 6.45) is 1.23. The van der Waals surface area contributed by atoms with Crippen molar-refractivity contribution in [3.05, 3.63) is 30.1 Å². The van der Waals surface area contributed by atoms with Crippen LogP contribution in [0.3, 0.4) is 0 Å². The smallest absolute Gasteiger partial charge is 0.326 e. The Bertz CT molecular complexity index is 773. The van der Waals surface area contributed by atoms with Gasteiger partial charge in [0.15, 0.2) is 0 Å². The van der Waals surface area contributed by atoms with Crippen LogP contribution in [-0.2, 0) is 19.6 Å². The maximum atomic E-state index is 13.0. The normalized spacial score (nSPS) is 18.6. The number of aliphatic carboxylic acids is 1. The van der Waals surface area contributed by atoms with Gasteiger partial charge in [-0.1, -0.05) is 20.3 Å². The zero-order chi connectivity index (χ0) is 20.2. The lowest BCUT2D eigenvalue weighted by Gasteiger charge is -2.31. The number of halogens is 1. The molecule has 0 aliphatic carbocycles. The van der Waals surface area contributed by atoms with Crippen molar-refractivity contribution in [2.45, 2.75) is 44.0 Å². The molecule has 9 heteroatoms. The molecule has 150 valence electrons. The van der Waals surface area contributed by atoms with Gasteiger partial charge in [-0.3, -0.25) is 4.79 Å². The van der Waals surface area contributed by atoms with E-state index in [1.165, 1.54) is 16.4 Å². The van der Waals surface area contributed by atoms with Crippen LogP contribution in [0.25, 0.3) is 0 Å². The highest BCUT2D eigenvalue weighted by Gasteiger charge is 2.34. The highest BCUT2D eigenvalue weighted by atomic mass is 32.2. The molecule has 7 nitrogen and oxygen atoms in total.